The number of nitrogens with zero attached hydrogens (tertiary/aromatic N) is 1. The van der Waals surface area contributed by atoms with Crippen LogP contribution >= 0.6 is 0 Å². The van der Waals surface area contributed by atoms with Crippen molar-refractivity contribution in [1.82, 2.24) is 4.90 Å². The molecule has 0 aromatic heterocycles. The van der Waals surface area contributed by atoms with Crippen molar-refractivity contribution in [2.24, 2.45) is 11.8 Å². The molecule has 0 spiro atoms. The van der Waals surface area contributed by atoms with Crippen molar-refractivity contribution in [2.75, 3.05) is 13.1 Å². The molecule has 12 heavy (non-hydrogen) atoms. The van der Waals surface area contributed by atoms with Gasteiger partial charge in [0.2, 0.25) is 0 Å². The molecule has 1 heterocycles. The first-order valence-corrected chi connectivity index (χ1v) is 5.51. The normalized spacial score (nSPS) is 30.5. The van der Waals surface area contributed by atoms with Gasteiger partial charge in [0.1, 0.15) is 0 Å². The van der Waals surface area contributed by atoms with E-state index in [1.807, 2.05) is 0 Å². The van der Waals surface area contributed by atoms with Crippen molar-refractivity contribution in [2.45, 2.75) is 45.6 Å². The Morgan fingerprint density at radius 2 is 1.67 bits per heavy atom. The molecule has 0 amide bonds. The summed E-state index contributed by atoms with van der Waals surface area (Å²) in [5.74, 6) is 2.03. The number of hydrogen-bond donors (Lipinski definition) is 0. The zero-order chi connectivity index (χ0) is 8.55. The maximum absolute atomic E-state index is 2.71. The SMILES string of the molecule is CC1CCN(C(C)C2CC2)CC1. The van der Waals surface area contributed by atoms with Crippen molar-refractivity contribution in [3.63, 3.8) is 0 Å². The summed E-state index contributed by atoms with van der Waals surface area (Å²) >= 11 is 0. The van der Waals surface area contributed by atoms with Crippen LogP contribution in [0.3, 0.4) is 0 Å². The Morgan fingerprint density at radius 1 is 1.08 bits per heavy atom. The molecule has 0 aromatic rings. The summed E-state index contributed by atoms with van der Waals surface area (Å²) in [5.41, 5.74) is 0. The van der Waals surface area contributed by atoms with Crippen LogP contribution in [0.25, 0.3) is 0 Å². The molecule has 1 aliphatic carbocycles. The predicted octanol–water partition coefficient (Wildman–Crippen LogP) is 2.52. The van der Waals surface area contributed by atoms with Gasteiger partial charge in [0.05, 0.1) is 0 Å². The molecule has 1 heteroatoms. The molecule has 70 valence electrons. The molecule has 0 radical (unpaired) electrons. The summed E-state index contributed by atoms with van der Waals surface area (Å²) in [6.45, 7) is 7.53. The van der Waals surface area contributed by atoms with E-state index in [0.29, 0.717) is 0 Å². The lowest BCUT2D eigenvalue weighted by Crippen LogP contribution is -2.40. The van der Waals surface area contributed by atoms with Crippen molar-refractivity contribution in [1.29, 1.82) is 0 Å². The van der Waals surface area contributed by atoms with Crippen LogP contribution in [-0.4, -0.2) is 24.0 Å². The van der Waals surface area contributed by atoms with Crippen LogP contribution in [0.15, 0.2) is 0 Å². The molecule has 0 bridgehead atoms. The number of hydrogen-bond acceptors (Lipinski definition) is 1. The van der Waals surface area contributed by atoms with Crippen molar-refractivity contribution < 1.29 is 0 Å². The summed E-state index contributed by atoms with van der Waals surface area (Å²) in [7, 11) is 0. The van der Waals surface area contributed by atoms with Gasteiger partial charge in [-0.1, -0.05) is 6.92 Å². The highest BCUT2D eigenvalue weighted by Crippen LogP contribution is 2.36. The Kier molecular flexibility index (Phi) is 2.40. The van der Waals surface area contributed by atoms with Crippen LogP contribution in [-0.2, 0) is 0 Å². The minimum absolute atomic E-state index is 0.887. The molecule has 1 unspecified atom stereocenters. The molecule has 1 nitrogen and oxygen atoms in total. The molecule has 2 rings (SSSR count). The minimum Gasteiger partial charge on any atom is -0.300 e. The molecule has 2 fully saturated rings. The third kappa shape index (κ3) is 1.82. The van der Waals surface area contributed by atoms with Crippen molar-refractivity contribution in [3.8, 4) is 0 Å². The highest BCUT2D eigenvalue weighted by molar-refractivity contribution is 4.86. The second-order valence-corrected chi connectivity index (χ2v) is 4.80. The maximum Gasteiger partial charge on any atom is 0.00951 e. The predicted molar refractivity (Wildman–Crippen MR) is 52.2 cm³/mol. The summed E-state index contributed by atoms with van der Waals surface area (Å²) in [4.78, 5) is 2.71. The number of piperidine rings is 1. The Hall–Kier alpha value is -0.0400. The van der Waals surface area contributed by atoms with Gasteiger partial charge in [-0.05, 0) is 57.5 Å². The van der Waals surface area contributed by atoms with Crippen molar-refractivity contribution in [3.05, 3.63) is 0 Å². The van der Waals surface area contributed by atoms with Gasteiger partial charge in [-0.15, -0.1) is 0 Å². The van der Waals surface area contributed by atoms with Crippen LogP contribution in [0.1, 0.15) is 39.5 Å². The lowest BCUT2D eigenvalue weighted by Gasteiger charge is -2.35. The van der Waals surface area contributed by atoms with E-state index >= 15 is 0 Å². The average molecular weight is 167 g/mol. The van der Waals surface area contributed by atoms with Crippen LogP contribution < -0.4 is 0 Å². The minimum atomic E-state index is 0.887. The largest absolute Gasteiger partial charge is 0.300 e. The van der Waals surface area contributed by atoms with E-state index in [2.05, 4.69) is 18.7 Å². The fraction of sp³-hybridized carbons (Fsp3) is 1.00. The summed E-state index contributed by atoms with van der Waals surface area (Å²) in [6.07, 6.45) is 5.84. The fourth-order valence-corrected chi connectivity index (χ4v) is 2.31. The molecule has 1 saturated carbocycles. The lowest BCUT2D eigenvalue weighted by molar-refractivity contribution is 0.134. The second-order valence-electron chi connectivity index (χ2n) is 4.80. The zero-order valence-corrected chi connectivity index (χ0v) is 8.42. The van der Waals surface area contributed by atoms with Gasteiger partial charge in [-0.3, -0.25) is 0 Å². The molecular weight excluding hydrogens is 146 g/mol. The van der Waals surface area contributed by atoms with Gasteiger partial charge >= 0.3 is 0 Å². The molecular formula is C11H21N. The first kappa shape index (κ1) is 8.55. The van der Waals surface area contributed by atoms with Crippen LogP contribution in [0.4, 0.5) is 0 Å². The molecule has 0 N–H and O–H groups in total. The molecule has 1 aliphatic heterocycles. The van der Waals surface area contributed by atoms with Crippen LogP contribution in [0.5, 0.6) is 0 Å². The van der Waals surface area contributed by atoms with E-state index in [0.717, 1.165) is 17.9 Å². The smallest absolute Gasteiger partial charge is 0.00951 e. The summed E-state index contributed by atoms with van der Waals surface area (Å²) < 4.78 is 0. The van der Waals surface area contributed by atoms with Crippen LogP contribution in [0, 0.1) is 11.8 Å². The van der Waals surface area contributed by atoms with Gasteiger partial charge in [0.15, 0.2) is 0 Å². The second kappa shape index (κ2) is 3.37. The van der Waals surface area contributed by atoms with Gasteiger partial charge < -0.3 is 4.90 Å². The standard InChI is InChI=1S/C11H21N/c1-9-5-7-12(8-6-9)10(2)11-3-4-11/h9-11H,3-8H2,1-2H3. The highest BCUT2D eigenvalue weighted by atomic mass is 15.2. The average Bonchev–Trinajstić information content (AvgIpc) is 2.87. The first-order valence-electron chi connectivity index (χ1n) is 5.51. The van der Waals surface area contributed by atoms with Gasteiger partial charge in [-0.25, -0.2) is 0 Å². The van der Waals surface area contributed by atoms with E-state index in [-0.39, 0.29) is 0 Å². The Morgan fingerprint density at radius 3 is 2.17 bits per heavy atom. The summed E-state index contributed by atoms with van der Waals surface area (Å²) in [6, 6.07) is 0.887. The molecule has 2 aliphatic rings. The van der Waals surface area contributed by atoms with E-state index in [9.17, 15) is 0 Å². The van der Waals surface area contributed by atoms with E-state index in [1.54, 1.807) is 0 Å². The fourth-order valence-electron chi connectivity index (χ4n) is 2.31. The third-order valence-corrected chi connectivity index (χ3v) is 3.70. The molecule has 1 atom stereocenters. The van der Waals surface area contributed by atoms with E-state index < -0.39 is 0 Å². The Bertz CT molecular complexity index is 143. The van der Waals surface area contributed by atoms with E-state index in [4.69, 9.17) is 0 Å². The molecule has 0 aromatic carbocycles. The zero-order valence-electron chi connectivity index (χ0n) is 8.42. The number of likely N-dealkylation sites (tertiary alicyclic amines) is 1. The van der Waals surface area contributed by atoms with Crippen LogP contribution in [0.2, 0.25) is 0 Å². The monoisotopic (exact) mass is 167 g/mol. The lowest BCUT2D eigenvalue weighted by atomic mass is 9.97. The highest BCUT2D eigenvalue weighted by Gasteiger charge is 2.32. The van der Waals surface area contributed by atoms with Crippen molar-refractivity contribution >= 4 is 0 Å². The molecule has 1 saturated heterocycles. The maximum atomic E-state index is 2.71. The Balaban J connectivity index is 1.80. The topological polar surface area (TPSA) is 3.24 Å². The Labute approximate surface area is 76.1 Å². The van der Waals surface area contributed by atoms with Gasteiger partial charge in [0, 0.05) is 6.04 Å². The summed E-state index contributed by atoms with van der Waals surface area (Å²) in [5, 5.41) is 0. The van der Waals surface area contributed by atoms with Gasteiger partial charge in [0.25, 0.3) is 0 Å². The quantitative estimate of drug-likeness (QED) is 0.611. The van der Waals surface area contributed by atoms with Gasteiger partial charge in [-0.2, -0.15) is 0 Å². The third-order valence-electron chi connectivity index (χ3n) is 3.70. The first-order chi connectivity index (χ1) is 5.77. The van der Waals surface area contributed by atoms with E-state index in [1.165, 1.54) is 38.8 Å². The number of rotatable bonds is 2.